The fourth-order valence-corrected chi connectivity index (χ4v) is 2.84. The summed E-state index contributed by atoms with van der Waals surface area (Å²) in [6, 6.07) is 0.789. The van der Waals surface area contributed by atoms with Gasteiger partial charge >= 0.3 is 0 Å². The summed E-state index contributed by atoms with van der Waals surface area (Å²) in [5.41, 5.74) is 0. The zero-order chi connectivity index (χ0) is 13.8. The van der Waals surface area contributed by atoms with Crippen LogP contribution in [0, 0.1) is 11.8 Å². The highest BCUT2D eigenvalue weighted by Gasteiger charge is 2.25. The number of hydrogen-bond acceptors (Lipinski definition) is 2. The minimum Gasteiger partial charge on any atom is -0.396 e. The lowest BCUT2D eigenvalue weighted by atomic mass is 9.82. The Kier molecular flexibility index (Phi) is 11.9. The molecule has 2 heteroatoms. The first-order chi connectivity index (χ1) is 8.71. The number of aliphatic hydroxyl groups is 1. The van der Waals surface area contributed by atoms with Gasteiger partial charge in [0.15, 0.2) is 0 Å². The first-order valence-electron chi connectivity index (χ1n) is 7.99. The molecule has 0 radical (unpaired) electrons. The summed E-state index contributed by atoms with van der Waals surface area (Å²) < 4.78 is 0. The molecule has 0 spiro atoms. The standard InChI is InChI=1S/C12H25N.C4H10O/c1-4-10(2)11-8-6-5-7-9-12(11)13-3;1-2-3-4-5/h10-13H,4-9H2,1-3H3;5H,2-4H2,1H3. The third-order valence-electron chi connectivity index (χ3n) is 4.33. The van der Waals surface area contributed by atoms with E-state index in [-0.39, 0.29) is 0 Å². The average Bonchev–Trinajstić information content (AvgIpc) is 2.64. The van der Waals surface area contributed by atoms with Crippen LogP contribution in [0.4, 0.5) is 0 Å². The molecule has 0 aromatic heterocycles. The van der Waals surface area contributed by atoms with Gasteiger partial charge < -0.3 is 10.4 Å². The molecule has 0 aromatic rings. The molecule has 1 saturated carbocycles. The first kappa shape index (κ1) is 17.9. The van der Waals surface area contributed by atoms with Crippen LogP contribution in [0.1, 0.15) is 72.1 Å². The predicted octanol–water partition coefficient (Wildman–Crippen LogP) is 3.98. The van der Waals surface area contributed by atoms with E-state index in [0.29, 0.717) is 6.61 Å². The smallest absolute Gasteiger partial charge is 0.0430 e. The zero-order valence-corrected chi connectivity index (χ0v) is 13.0. The molecule has 0 aromatic carbocycles. The van der Waals surface area contributed by atoms with E-state index in [2.05, 4.69) is 33.1 Å². The van der Waals surface area contributed by atoms with E-state index in [1.807, 2.05) is 0 Å². The van der Waals surface area contributed by atoms with Gasteiger partial charge in [-0.1, -0.05) is 52.9 Å². The summed E-state index contributed by atoms with van der Waals surface area (Å²) in [7, 11) is 2.13. The number of hydrogen-bond donors (Lipinski definition) is 2. The maximum absolute atomic E-state index is 8.07. The van der Waals surface area contributed by atoms with Gasteiger partial charge in [0.05, 0.1) is 0 Å². The van der Waals surface area contributed by atoms with Gasteiger partial charge in [0.1, 0.15) is 0 Å². The summed E-state index contributed by atoms with van der Waals surface area (Å²) >= 11 is 0. The summed E-state index contributed by atoms with van der Waals surface area (Å²) in [4.78, 5) is 0. The van der Waals surface area contributed by atoms with Gasteiger partial charge in [0.2, 0.25) is 0 Å². The Hall–Kier alpha value is -0.0800. The van der Waals surface area contributed by atoms with E-state index >= 15 is 0 Å². The van der Waals surface area contributed by atoms with Crippen LogP contribution < -0.4 is 5.32 Å². The van der Waals surface area contributed by atoms with Crippen molar-refractivity contribution in [1.82, 2.24) is 5.32 Å². The van der Waals surface area contributed by atoms with Gasteiger partial charge in [-0.15, -0.1) is 0 Å². The monoisotopic (exact) mass is 257 g/mol. The van der Waals surface area contributed by atoms with Crippen LogP contribution in [0.25, 0.3) is 0 Å². The minimum absolute atomic E-state index is 0.344. The summed E-state index contributed by atoms with van der Waals surface area (Å²) in [6.45, 7) is 7.13. The van der Waals surface area contributed by atoms with Crippen molar-refractivity contribution in [2.45, 2.75) is 78.2 Å². The van der Waals surface area contributed by atoms with E-state index < -0.39 is 0 Å². The molecule has 1 rings (SSSR count). The van der Waals surface area contributed by atoms with Crippen LogP contribution in [0.2, 0.25) is 0 Å². The van der Waals surface area contributed by atoms with Crippen molar-refractivity contribution in [1.29, 1.82) is 0 Å². The third kappa shape index (κ3) is 7.38. The van der Waals surface area contributed by atoms with Gasteiger partial charge in [-0.2, -0.15) is 0 Å². The molecule has 0 heterocycles. The quantitative estimate of drug-likeness (QED) is 0.730. The van der Waals surface area contributed by atoms with E-state index in [0.717, 1.165) is 30.7 Å². The fourth-order valence-electron chi connectivity index (χ4n) is 2.84. The lowest BCUT2D eigenvalue weighted by molar-refractivity contribution is 0.251. The summed E-state index contributed by atoms with van der Waals surface area (Å²) in [5, 5.41) is 11.6. The van der Waals surface area contributed by atoms with E-state index in [4.69, 9.17) is 5.11 Å². The molecule has 18 heavy (non-hydrogen) atoms. The summed E-state index contributed by atoms with van der Waals surface area (Å²) in [5.74, 6) is 1.83. The van der Waals surface area contributed by atoms with Crippen molar-refractivity contribution >= 4 is 0 Å². The highest BCUT2D eigenvalue weighted by atomic mass is 16.2. The Bertz CT molecular complexity index is 170. The Balaban J connectivity index is 0.000000494. The van der Waals surface area contributed by atoms with Crippen LogP contribution >= 0.6 is 0 Å². The van der Waals surface area contributed by atoms with Gasteiger partial charge in [-0.25, -0.2) is 0 Å². The SMILES string of the molecule is CCC(C)C1CCCCCC1NC.CCCCO. The molecule has 1 aliphatic rings. The molecule has 110 valence electrons. The van der Waals surface area contributed by atoms with E-state index in [1.165, 1.54) is 38.5 Å². The van der Waals surface area contributed by atoms with Crippen molar-refractivity contribution in [3.05, 3.63) is 0 Å². The Morgan fingerprint density at radius 2 is 1.83 bits per heavy atom. The molecule has 0 aliphatic heterocycles. The summed E-state index contributed by atoms with van der Waals surface area (Å²) in [6.07, 6.45) is 10.5. The van der Waals surface area contributed by atoms with Crippen LogP contribution in [-0.2, 0) is 0 Å². The minimum atomic E-state index is 0.344. The average molecular weight is 257 g/mol. The molecule has 0 amide bonds. The fraction of sp³-hybridized carbons (Fsp3) is 1.00. The third-order valence-corrected chi connectivity index (χ3v) is 4.33. The molecule has 2 nitrogen and oxygen atoms in total. The van der Waals surface area contributed by atoms with E-state index in [9.17, 15) is 0 Å². The number of rotatable bonds is 5. The van der Waals surface area contributed by atoms with Crippen LogP contribution in [0.3, 0.4) is 0 Å². The normalized spacial score (nSPS) is 25.8. The van der Waals surface area contributed by atoms with Crippen molar-refractivity contribution in [2.24, 2.45) is 11.8 Å². The van der Waals surface area contributed by atoms with Crippen molar-refractivity contribution in [2.75, 3.05) is 13.7 Å². The van der Waals surface area contributed by atoms with Crippen molar-refractivity contribution in [3.63, 3.8) is 0 Å². The topological polar surface area (TPSA) is 32.3 Å². The molecular weight excluding hydrogens is 222 g/mol. The molecule has 1 fully saturated rings. The number of aliphatic hydroxyl groups excluding tert-OH is 1. The number of unbranched alkanes of at least 4 members (excludes halogenated alkanes) is 1. The highest BCUT2D eigenvalue weighted by molar-refractivity contribution is 4.81. The molecule has 3 unspecified atom stereocenters. The molecule has 0 bridgehead atoms. The van der Waals surface area contributed by atoms with Crippen LogP contribution in [-0.4, -0.2) is 24.8 Å². The lowest BCUT2D eigenvalue weighted by Gasteiger charge is -2.29. The largest absolute Gasteiger partial charge is 0.396 e. The second-order valence-electron chi connectivity index (χ2n) is 5.66. The Morgan fingerprint density at radius 3 is 2.28 bits per heavy atom. The lowest BCUT2D eigenvalue weighted by Crippen LogP contribution is -2.36. The van der Waals surface area contributed by atoms with Crippen molar-refractivity contribution in [3.8, 4) is 0 Å². The maximum Gasteiger partial charge on any atom is 0.0430 e. The van der Waals surface area contributed by atoms with E-state index in [1.54, 1.807) is 0 Å². The van der Waals surface area contributed by atoms with Gasteiger partial charge in [-0.3, -0.25) is 0 Å². The highest BCUT2D eigenvalue weighted by Crippen LogP contribution is 2.30. The first-order valence-corrected chi connectivity index (χ1v) is 7.99. The molecule has 0 saturated heterocycles. The van der Waals surface area contributed by atoms with Crippen LogP contribution in [0.5, 0.6) is 0 Å². The second-order valence-corrected chi connectivity index (χ2v) is 5.66. The molecule has 2 N–H and O–H groups in total. The molecular formula is C16H35NO. The molecule has 1 aliphatic carbocycles. The Labute approximate surface area is 115 Å². The number of nitrogens with one attached hydrogen (secondary N) is 1. The van der Waals surface area contributed by atoms with Gasteiger partial charge in [-0.05, 0) is 38.1 Å². The predicted molar refractivity (Wildman–Crippen MR) is 80.9 cm³/mol. The maximum atomic E-state index is 8.07. The van der Waals surface area contributed by atoms with Gasteiger partial charge in [0, 0.05) is 12.6 Å². The molecule has 3 atom stereocenters. The van der Waals surface area contributed by atoms with Crippen LogP contribution in [0.15, 0.2) is 0 Å². The zero-order valence-electron chi connectivity index (χ0n) is 13.0. The van der Waals surface area contributed by atoms with Crippen molar-refractivity contribution < 1.29 is 5.11 Å². The Morgan fingerprint density at radius 1 is 1.17 bits per heavy atom. The second kappa shape index (κ2) is 12.0. The van der Waals surface area contributed by atoms with Gasteiger partial charge in [0.25, 0.3) is 0 Å².